The number of hydrogen-bond acceptors (Lipinski definition) is 3. The van der Waals surface area contributed by atoms with Crippen LogP contribution in [0, 0.1) is 11.8 Å². The molecule has 1 saturated carbocycles. The molecule has 3 aromatic carbocycles. The van der Waals surface area contributed by atoms with Gasteiger partial charge in [-0.3, -0.25) is 0 Å². The van der Waals surface area contributed by atoms with E-state index >= 15 is 0 Å². The first-order chi connectivity index (χ1) is 22.9. The topological polar surface area (TPSA) is 27.7 Å². The van der Waals surface area contributed by atoms with E-state index in [4.69, 9.17) is 13.9 Å². The van der Waals surface area contributed by atoms with Crippen LogP contribution in [0.15, 0.2) is 109 Å². The highest BCUT2D eigenvalue weighted by molar-refractivity contribution is 6.99. The van der Waals surface area contributed by atoms with E-state index in [0.29, 0.717) is 13.2 Å². The molecule has 0 aliphatic heterocycles. The second kappa shape index (κ2) is 19.2. The van der Waals surface area contributed by atoms with E-state index < -0.39 is 8.32 Å². The summed E-state index contributed by atoms with van der Waals surface area (Å²) in [5, 5.41) is 2.56. The smallest absolute Gasteiger partial charge is 0.261 e. The first-order valence-electron chi connectivity index (χ1n) is 18.2. The van der Waals surface area contributed by atoms with Gasteiger partial charge in [-0.05, 0) is 77.0 Å². The van der Waals surface area contributed by atoms with Crippen LogP contribution in [0.1, 0.15) is 97.5 Å². The number of methoxy groups -OCH3 is 1. The fourth-order valence-electron chi connectivity index (χ4n) is 6.66. The molecule has 0 bridgehead atoms. The number of ether oxygens (including phenoxy) is 2. The van der Waals surface area contributed by atoms with Gasteiger partial charge < -0.3 is 13.9 Å². The lowest BCUT2D eigenvalue weighted by Crippen LogP contribution is -2.67. The number of benzene rings is 3. The molecular weight excluding hydrogens is 593 g/mol. The lowest BCUT2D eigenvalue weighted by atomic mass is 10.1. The molecule has 0 spiro atoms. The second-order valence-electron chi connectivity index (χ2n) is 14.3. The maximum Gasteiger partial charge on any atom is 0.261 e. The van der Waals surface area contributed by atoms with Gasteiger partial charge in [0.25, 0.3) is 8.32 Å². The van der Waals surface area contributed by atoms with Crippen LogP contribution < -0.4 is 15.1 Å². The Balaban J connectivity index is 1.35. The van der Waals surface area contributed by atoms with E-state index in [-0.39, 0.29) is 11.1 Å². The van der Waals surface area contributed by atoms with E-state index in [1.807, 2.05) is 12.1 Å². The monoisotopic (exact) mass is 652 g/mol. The average Bonchev–Trinajstić information content (AvgIpc) is 3.85. The van der Waals surface area contributed by atoms with Gasteiger partial charge in [-0.25, -0.2) is 0 Å². The van der Waals surface area contributed by atoms with Gasteiger partial charge in [0.05, 0.1) is 26.4 Å². The summed E-state index contributed by atoms with van der Waals surface area (Å²) in [5.74, 6) is 2.45. The number of rotatable bonds is 21. The van der Waals surface area contributed by atoms with Gasteiger partial charge in [0.15, 0.2) is 0 Å². The standard InChI is InChI=1S/C43H60O3Si/c1-6-7-8-15-22-37-33-38(37)23-16-11-9-10-12-17-24-40(45-34-36-29-31-39(44-5)32-30-36)35-46-47(43(2,3)4,41-25-18-13-19-26-41)42-27-20-14-21-28-42/h13-16,18-23,25-32,37-38,40H,6-12,17,24,33-35H2,1-5H3/b22-15+,23-16-/t37-,38+,40+/m1/s1. The minimum Gasteiger partial charge on any atom is -0.497 e. The number of allylic oxidation sites excluding steroid dienone is 4. The first kappa shape index (κ1) is 36.9. The van der Waals surface area contributed by atoms with Crippen LogP contribution in [0.4, 0.5) is 0 Å². The van der Waals surface area contributed by atoms with Crippen molar-refractivity contribution in [2.24, 2.45) is 11.8 Å². The van der Waals surface area contributed by atoms with Gasteiger partial charge in [-0.1, -0.05) is 157 Å². The highest BCUT2D eigenvalue weighted by Crippen LogP contribution is 2.41. The molecule has 0 unspecified atom stereocenters. The van der Waals surface area contributed by atoms with Crippen LogP contribution in [-0.2, 0) is 15.8 Å². The molecule has 0 amide bonds. The van der Waals surface area contributed by atoms with Crippen LogP contribution in [0.25, 0.3) is 0 Å². The van der Waals surface area contributed by atoms with E-state index in [2.05, 4.69) is 125 Å². The molecule has 0 aromatic heterocycles. The summed E-state index contributed by atoms with van der Waals surface area (Å²) in [4.78, 5) is 0. The van der Waals surface area contributed by atoms with Crippen molar-refractivity contribution in [2.45, 2.75) is 110 Å². The predicted molar refractivity (Wildman–Crippen MR) is 202 cm³/mol. The van der Waals surface area contributed by atoms with Crippen LogP contribution >= 0.6 is 0 Å². The Morgan fingerprint density at radius 3 is 1.87 bits per heavy atom. The number of unbranched alkanes of at least 4 members (excludes halogenated alkanes) is 6. The normalized spacial score (nSPS) is 17.4. The Morgan fingerprint density at radius 2 is 1.32 bits per heavy atom. The molecular formula is C43H60O3Si. The molecule has 47 heavy (non-hydrogen) atoms. The third-order valence-electron chi connectivity index (χ3n) is 9.58. The highest BCUT2D eigenvalue weighted by Gasteiger charge is 2.50. The zero-order valence-corrected chi connectivity index (χ0v) is 30.8. The van der Waals surface area contributed by atoms with Crippen molar-refractivity contribution in [1.29, 1.82) is 0 Å². The quantitative estimate of drug-likeness (QED) is 0.0651. The lowest BCUT2D eigenvalue weighted by molar-refractivity contribution is 0.000772. The zero-order valence-electron chi connectivity index (χ0n) is 29.8. The van der Waals surface area contributed by atoms with E-state index in [9.17, 15) is 0 Å². The molecule has 0 heterocycles. The first-order valence-corrected chi connectivity index (χ1v) is 20.1. The predicted octanol–water partition coefficient (Wildman–Crippen LogP) is 10.4. The van der Waals surface area contributed by atoms with Gasteiger partial charge in [-0.2, -0.15) is 0 Å². The van der Waals surface area contributed by atoms with Crippen molar-refractivity contribution in [2.75, 3.05) is 13.7 Å². The van der Waals surface area contributed by atoms with Crippen LogP contribution in [0.5, 0.6) is 5.75 Å². The molecule has 4 rings (SSSR count). The summed E-state index contributed by atoms with van der Waals surface area (Å²) in [6.45, 7) is 10.4. The zero-order chi connectivity index (χ0) is 33.4. The second-order valence-corrected chi connectivity index (χ2v) is 18.6. The maximum absolute atomic E-state index is 7.32. The van der Waals surface area contributed by atoms with Crippen LogP contribution in [-0.4, -0.2) is 28.1 Å². The summed E-state index contributed by atoms with van der Waals surface area (Å²) >= 11 is 0. The van der Waals surface area contributed by atoms with E-state index in [1.165, 1.54) is 61.7 Å². The fraction of sp³-hybridized carbons (Fsp3) is 0.488. The highest BCUT2D eigenvalue weighted by atomic mass is 28.4. The van der Waals surface area contributed by atoms with E-state index in [0.717, 1.165) is 36.0 Å². The lowest BCUT2D eigenvalue weighted by Gasteiger charge is -2.43. The van der Waals surface area contributed by atoms with Gasteiger partial charge in [-0.15, -0.1) is 0 Å². The van der Waals surface area contributed by atoms with Crippen molar-refractivity contribution >= 4 is 18.7 Å². The van der Waals surface area contributed by atoms with Crippen LogP contribution in [0.3, 0.4) is 0 Å². The minimum atomic E-state index is -2.63. The summed E-state index contributed by atoms with van der Waals surface area (Å²) in [6, 6.07) is 30.1. The molecule has 1 fully saturated rings. The van der Waals surface area contributed by atoms with Crippen molar-refractivity contribution in [3.8, 4) is 5.75 Å². The molecule has 3 aromatic rings. The Morgan fingerprint density at radius 1 is 0.745 bits per heavy atom. The van der Waals surface area contributed by atoms with E-state index in [1.54, 1.807) is 7.11 Å². The molecule has 3 atom stereocenters. The molecule has 4 heteroatoms. The summed E-state index contributed by atoms with van der Waals surface area (Å²) in [7, 11) is -0.927. The molecule has 0 saturated heterocycles. The Kier molecular flexibility index (Phi) is 15.1. The molecule has 3 nitrogen and oxygen atoms in total. The average molecular weight is 653 g/mol. The molecule has 0 radical (unpaired) electrons. The van der Waals surface area contributed by atoms with Gasteiger partial charge >= 0.3 is 0 Å². The minimum absolute atomic E-state index is 0.0239. The van der Waals surface area contributed by atoms with Gasteiger partial charge in [0.1, 0.15) is 5.75 Å². The van der Waals surface area contributed by atoms with Gasteiger partial charge in [0.2, 0.25) is 0 Å². The SMILES string of the molecule is CCCC/C=C/[C@@H]1C[C@@H]1/C=C\CCCCCC[C@@H](CO[Si](c1ccccc1)(c1ccccc1)C(C)(C)C)OCc1ccc(OC)cc1. The third-order valence-corrected chi connectivity index (χ3v) is 14.6. The molecule has 254 valence electrons. The molecule has 1 aliphatic rings. The summed E-state index contributed by atoms with van der Waals surface area (Å²) in [6.07, 6.45) is 22.0. The van der Waals surface area contributed by atoms with Crippen molar-refractivity contribution in [1.82, 2.24) is 0 Å². The number of hydrogen-bond donors (Lipinski definition) is 0. The maximum atomic E-state index is 7.32. The van der Waals surface area contributed by atoms with Crippen molar-refractivity contribution in [3.63, 3.8) is 0 Å². The van der Waals surface area contributed by atoms with Crippen molar-refractivity contribution in [3.05, 3.63) is 115 Å². The fourth-order valence-corrected chi connectivity index (χ4v) is 11.3. The van der Waals surface area contributed by atoms with Crippen LogP contribution in [0.2, 0.25) is 5.04 Å². The third kappa shape index (κ3) is 11.3. The Hall–Kier alpha value is -2.92. The van der Waals surface area contributed by atoms with Crippen molar-refractivity contribution < 1.29 is 13.9 Å². The Labute approximate surface area is 287 Å². The summed E-state index contributed by atoms with van der Waals surface area (Å²) < 4.78 is 19.3. The van der Waals surface area contributed by atoms with Gasteiger partial charge in [0, 0.05) is 0 Å². The summed E-state index contributed by atoms with van der Waals surface area (Å²) in [5.41, 5.74) is 1.15. The largest absolute Gasteiger partial charge is 0.497 e. The molecule has 0 N–H and O–H groups in total. The molecule has 1 aliphatic carbocycles. The Bertz CT molecular complexity index is 1290.